The maximum absolute atomic E-state index is 13.5. The molecule has 2 aliphatic heterocycles. The zero-order valence-corrected chi connectivity index (χ0v) is 25.4. The van der Waals surface area contributed by atoms with E-state index in [4.69, 9.17) is 0 Å². The maximum atomic E-state index is 13.5. The van der Waals surface area contributed by atoms with Crippen molar-refractivity contribution in [2.24, 2.45) is 17.3 Å². The van der Waals surface area contributed by atoms with Crippen molar-refractivity contribution in [2.75, 3.05) is 0 Å². The van der Waals surface area contributed by atoms with Crippen LogP contribution < -0.4 is 0 Å². The monoisotopic (exact) mass is 508 g/mol. The third-order valence-electron chi connectivity index (χ3n) is 9.95. The average molecular weight is 509 g/mol. The highest BCUT2D eigenvalue weighted by Crippen LogP contribution is 2.58. The minimum absolute atomic E-state index is 0.219. The number of hydrogen-bond acceptors (Lipinski definition) is 4. The fraction of sp³-hybridized carbons (Fsp3) is 0.933. The van der Waals surface area contributed by atoms with Gasteiger partial charge >= 0.3 is 11.9 Å². The summed E-state index contributed by atoms with van der Waals surface area (Å²) in [5.74, 6) is -2.37. The van der Waals surface area contributed by atoms with E-state index in [-0.39, 0.29) is 40.4 Å². The molecule has 36 heavy (non-hydrogen) atoms. The van der Waals surface area contributed by atoms with Crippen LogP contribution in [0.2, 0.25) is 0 Å². The summed E-state index contributed by atoms with van der Waals surface area (Å²) in [5, 5.41) is 21.2. The molecule has 0 amide bonds. The van der Waals surface area contributed by atoms with E-state index in [1.807, 2.05) is 0 Å². The van der Waals surface area contributed by atoms with Gasteiger partial charge in [0, 0.05) is 34.2 Å². The molecule has 210 valence electrons. The Balaban J connectivity index is 2.68. The first kappa shape index (κ1) is 31.1. The number of rotatable bonds is 9. The number of carboxylic acid groups (broad SMARTS) is 2. The average Bonchev–Trinajstić information content (AvgIpc) is 2.67. The fourth-order valence-electron chi connectivity index (χ4n) is 9.37. The number of likely N-dealkylation sites (tertiary alicyclic amines) is 2. The molecule has 0 radical (unpaired) electrons. The highest BCUT2D eigenvalue weighted by molar-refractivity contribution is 5.82. The molecule has 2 atom stereocenters. The molecule has 0 bridgehead atoms. The van der Waals surface area contributed by atoms with Gasteiger partial charge in [0.2, 0.25) is 0 Å². The Labute approximate surface area is 221 Å². The van der Waals surface area contributed by atoms with E-state index in [1.165, 1.54) is 0 Å². The van der Waals surface area contributed by atoms with Gasteiger partial charge in [-0.05, 0) is 120 Å². The minimum Gasteiger partial charge on any atom is -0.481 e. The van der Waals surface area contributed by atoms with E-state index < -0.39 is 17.4 Å². The number of nitrogens with zero attached hydrogens (tertiary/aromatic N) is 2. The fourth-order valence-corrected chi connectivity index (χ4v) is 9.37. The number of carboxylic acids is 2. The molecule has 2 fully saturated rings. The molecule has 6 nitrogen and oxygen atoms in total. The Bertz CT molecular complexity index is 730. The Morgan fingerprint density at radius 2 is 1.00 bits per heavy atom. The smallest absolute Gasteiger partial charge is 0.310 e. The van der Waals surface area contributed by atoms with E-state index >= 15 is 0 Å². The van der Waals surface area contributed by atoms with Gasteiger partial charge in [0.05, 0.1) is 11.8 Å². The lowest BCUT2D eigenvalue weighted by Crippen LogP contribution is -2.69. The second-order valence-electron chi connectivity index (χ2n) is 14.6. The van der Waals surface area contributed by atoms with Gasteiger partial charge in [-0.3, -0.25) is 19.4 Å². The van der Waals surface area contributed by atoms with Crippen molar-refractivity contribution in [3.05, 3.63) is 0 Å². The van der Waals surface area contributed by atoms with Crippen LogP contribution >= 0.6 is 0 Å². The molecular weight excluding hydrogens is 452 g/mol. The number of hydrogen-bond donors (Lipinski definition) is 2. The van der Waals surface area contributed by atoms with Crippen LogP contribution in [-0.2, 0) is 9.59 Å². The molecule has 2 saturated heterocycles. The van der Waals surface area contributed by atoms with Crippen molar-refractivity contribution < 1.29 is 19.8 Å². The van der Waals surface area contributed by atoms with Gasteiger partial charge in [-0.2, -0.15) is 0 Å². The normalized spacial score (nSPS) is 28.2. The first-order chi connectivity index (χ1) is 16.2. The zero-order chi connectivity index (χ0) is 28.1. The first-order valence-corrected chi connectivity index (χ1v) is 14.2. The van der Waals surface area contributed by atoms with Gasteiger partial charge in [0.15, 0.2) is 0 Å². The molecule has 2 aliphatic rings. The van der Waals surface area contributed by atoms with E-state index in [2.05, 4.69) is 92.9 Å². The molecule has 2 N–H and O–H groups in total. The molecule has 6 heteroatoms. The highest BCUT2D eigenvalue weighted by atomic mass is 16.4. The molecule has 0 aromatic carbocycles. The predicted molar refractivity (Wildman–Crippen MR) is 147 cm³/mol. The summed E-state index contributed by atoms with van der Waals surface area (Å²) in [7, 11) is 0. The predicted octanol–water partition coefficient (Wildman–Crippen LogP) is 6.67. The van der Waals surface area contributed by atoms with Gasteiger partial charge in [-0.15, -0.1) is 0 Å². The summed E-state index contributed by atoms with van der Waals surface area (Å²) in [5.41, 5.74) is -2.24. The summed E-state index contributed by atoms with van der Waals surface area (Å²) in [6, 6.07) is 0.734. The van der Waals surface area contributed by atoms with Crippen LogP contribution in [0.3, 0.4) is 0 Å². The summed E-state index contributed by atoms with van der Waals surface area (Å²) in [6.45, 7) is 26.7. The summed E-state index contributed by atoms with van der Waals surface area (Å²) >= 11 is 0. The summed E-state index contributed by atoms with van der Waals surface area (Å²) in [6.07, 6.45) is 4.47. The Morgan fingerprint density at radius 1 is 0.722 bits per heavy atom. The zero-order valence-electron chi connectivity index (χ0n) is 25.4. The van der Waals surface area contributed by atoms with Crippen LogP contribution in [-0.4, -0.2) is 66.2 Å². The van der Waals surface area contributed by atoms with Crippen LogP contribution in [0.15, 0.2) is 0 Å². The molecule has 2 unspecified atom stereocenters. The third kappa shape index (κ3) is 5.50. The SMILES string of the molecule is CCC(C)N1C(C)(C)CC(C(CC(=O)O)(C(=O)O)C2CC(C)(C)N(C(C)CC)C(C)(C)C2)CC1(C)C. The van der Waals surface area contributed by atoms with Crippen LogP contribution in [0.5, 0.6) is 0 Å². The number of aliphatic carboxylic acids is 2. The Hall–Kier alpha value is -1.14. The van der Waals surface area contributed by atoms with E-state index in [1.54, 1.807) is 0 Å². The van der Waals surface area contributed by atoms with E-state index in [9.17, 15) is 19.8 Å². The molecule has 0 saturated carbocycles. The summed E-state index contributed by atoms with van der Waals surface area (Å²) in [4.78, 5) is 31.0. The van der Waals surface area contributed by atoms with Gasteiger partial charge in [-0.1, -0.05) is 13.8 Å². The lowest BCUT2D eigenvalue weighted by atomic mass is 9.52. The quantitative estimate of drug-likeness (QED) is 0.362. The Morgan fingerprint density at radius 3 is 1.19 bits per heavy atom. The van der Waals surface area contributed by atoms with Crippen molar-refractivity contribution in [1.29, 1.82) is 0 Å². The molecule has 2 rings (SSSR count). The Kier molecular flexibility index (Phi) is 8.81. The van der Waals surface area contributed by atoms with Crippen molar-refractivity contribution in [2.45, 2.75) is 162 Å². The van der Waals surface area contributed by atoms with Gasteiger partial charge in [0.25, 0.3) is 0 Å². The number of carbonyl (C=O) groups is 2. The first-order valence-electron chi connectivity index (χ1n) is 14.2. The van der Waals surface area contributed by atoms with Crippen molar-refractivity contribution in [1.82, 2.24) is 9.80 Å². The van der Waals surface area contributed by atoms with Gasteiger partial charge in [0.1, 0.15) is 0 Å². The molecule has 0 aromatic heterocycles. The molecule has 0 spiro atoms. The summed E-state index contributed by atoms with van der Waals surface area (Å²) < 4.78 is 0. The van der Waals surface area contributed by atoms with Crippen LogP contribution in [0.25, 0.3) is 0 Å². The van der Waals surface area contributed by atoms with Crippen LogP contribution in [0, 0.1) is 17.3 Å². The second-order valence-corrected chi connectivity index (χ2v) is 14.6. The lowest BCUT2D eigenvalue weighted by molar-refractivity contribution is -0.187. The third-order valence-corrected chi connectivity index (χ3v) is 9.95. The van der Waals surface area contributed by atoms with Crippen molar-refractivity contribution in [3.8, 4) is 0 Å². The van der Waals surface area contributed by atoms with Crippen LogP contribution in [0.4, 0.5) is 0 Å². The molecular formula is C30H56N2O4. The molecule has 0 aromatic rings. The largest absolute Gasteiger partial charge is 0.481 e. The maximum Gasteiger partial charge on any atom is 0.310 e. The minimum atomic E-state index is -1.31. The lowest BCUT2D eigenvalue weighted by Gasteiger charge is -2.64. The van der Waals surface area contributed by atoms with E-state index in [0.717, 1.165) is 12.8 Å². The van der Waals surface area contributed by atoms with Crippen molar-refractivity contribution in [3.63, 3.8) is 0 Å². The number of piperidine rings is 2. The molecule has 2 heterocycles. The highest BCUT2D eigenvalue weighted by Gasteiger charge is 2.62. The van der Waals surface area contributed by atoms with Crippen LogP contribution in [0.1, 0.15) is 128 Å². The second kappa shape index (κ2) is 10.2. The molecule has 0 aliphatic carbocycles. The van der Waals surface area contributed by atoms with E-state index in [0.29, 0.717) is 37.8 Å². The topological polar surface area (TPSA) is 81.1 Å². The van der Waals surface area contributed by atoms with Crippen molar-refractivity contribution >= 4 is 11.9 Å². The van der Waals surface area contributed by atoms with Gasteiger partial charge in [-0.25, -0.2) is 0 Å². The van der Waals surface area contributed by atoms with Gasteiger partial charge < -0.3 is 10.2 Å². The standard InChI is InChI=1S/C30H56N2O4/c1-13-20(3)31-26(5,6)15-22(16-27(31,7)8)30(25(35)36,19-24(33)34)23-17-28(9,10)32(21(4)14-2)29(11,12)18-23/h20-23H,13-19H2,1-12H3,(H,33,34)(H,35,36).